The van der Waals surface area contributed by atoms with Crippen LogP contribution in [0.3, 0.4) is 0 Å². The van der Waals surface area contributed by atoms with Crippen molar-refractivity contribution < 1.29 is 17.1 Å². The largest absolute Gasteiger partial charge is 0.644 e. The van der Waals surface area contributed by atoms with Crippen LogP contribution in [0.15, 0.2) is 0 Å². The first-order valence-corrected chi connectivity index (χ1v) is 16.9. The molecular weight excluding hydrogens is 272 g/mol. The third-order valence-electron chi connectivity index (χ3n) is 1.25. The summed E-state index contributed by atoms with van der Waals surface area (Å²) in [5.41, 5.74) is 0. The van der Waals surface area contributed by atoms with E-state index < -0.39 is 34.7 Å². The van der Waals surface area contributed by atoms with Crippen LogP contribution in [0.25, 0.3) is 0 Å². The summed E-state index contributed by atoms with van der Waals surface area (Å²) in [6.45, 7) is 16.2. The van der Waals surface area contributed by atoms with Crippen LogP contribution in [0.5, 0.6) is 0 Å². The van der Waals surface area contributed by atoms with Crippen molar-refractivity contribution in [2.24, 2.45) is 0 Å². The Balaban J connectivity index is 4.75. The van der Waals surface area contributed by atoms with Gasteiger partial charge in [-0.1, -0.05) is 0 Å². The lowest BCUT2D eigenvalue weighted by Gasteiger charge is -2.35. The predicted molar refractivity (Wildman–Crippen MR) is 76.8 cm³/mol. The molecule has 0 bridgehead atoms. The van der Waals surface area contributed by atoms with E-state index in [4.69, 9.17) is 12.3 Å². The van der Waals surface area contributed by atoms with Crippen molar-refractivity contribution in [2.45, 2.75) is 52.4 Å². The Labute approximate surface area is 104 Å². The van der Waals surface area contributed by atoms with Crippen LogP contribution in [0.4, 0.5) is 0 Å². The molecule has 0 aliphatic rings. The van der Waals surface area contributed by atoms with Gasteiger partial charge < -0.3 is 17.1 Å². The lowest BCUT2D eigenvalue weighted by Crippen LogP contribution is -2.58. The van der Waals surface area contributed by atoms with E-state index in [2.05, 4.69) is 0 Å². The van der Waals surface area contributed by atoms with Gasteiger partial charge in [0.15, 0.2) is 25.7 Å². The third-order valence-corrected chi connectivity index (χ3v) is 11.3. The van der Waals surface area contributed by atoms with Crippen LogP contribution in [0, 0.1) is 0 Å². The molecule has 0 aromatic rings. The maximum absolute atomic E-state index is 10.4. The fourth-order valence-electron chi connectivity index (χ4n) is 1.14. The molecule has 1 N–H and O–H groups in total. The molecular formula is C8H26O4Si4. The molecule has 0 atom stereocenters. The van der Waals surface area contributed by atoms with Crippen molar-refractivity contribution in [1.82, 2.24) is 0 Å². The van der Waals surface area contributed by atoms with E-state index >= 15 is 0 Å². The summed E-state index contributed by atoms with van der Waals surface area (Å²) >= 11 is 0. The van der Waals surface area contributed by atoms with Gasteiger partial charge in [-0.05, 0) is 52.4 Å². The minimum absolute atomic E-state index is 1.37. The molecule has 0 saturated heterocycles. The van der Waals surface area contributed by atoms with Gasteiger partial charge in [0, 0.05) is 0 Å². The minimum atomic E-state index is -3.40. The van der Waals surface area contributed by atoms with Crippen molar-refractivity contribution in [3.05, 3.63) is 0 Å². The molecule has 98 valence electrons. The first-order chi connectivity index (χ1) is 6.83. The van der Waals surface area contributed by atoms with E-state index in [-0.39, 0.29) is 0 Å². The summed E-state index contributed by atoms with van der Waals surface area (Å²) in [6.07, 6.45) is 0. The first kappa shape index (κ1) is 16.7. The zero-order valence-electron chi connectivity index (χ0n) is 11.7. The lowest BCUT2D eigenvalue weighted by molar-refractivity contribution is 0.145. The molecule has 0 spiro atoms. The predicted octanol–water partition coefficient (Wildman–Crippen LogP) is 2.12. The van der Waals surface area contributed by atoms with Crippen LogP contribution in [-0.4, -0.2) is 39.5 Å². The highest BCUT2D eigenvalue weighted by molar-refractivity contribution is 6.84. The molecule has 0 fully saturated rings. The summed E-state index contributed by atoms with van der Waals surface area (Å²) in [5.74, 6) is 0. The Bertz CT molecular complexity index is 205. The third kappa shape index (κ3) is 8.81. The lowest BCUT2D eigenvalue weighted by atomic mass is 11.8. The summed E-state index contributed by atoms with van der Waals surface area (Å²) in [4.78, 5) is 10.4. The summed E-state index contributed by atoms with van der Waals surface area (Å²) in [6, 6.07) is 0. The Hall–Kier alpha value is 0.708. The second kappa shape index (κ2) is 5.57. The van der Waals surface area contributed by atoms with Crippen molar-refractivity contribution in [3.8, 4) is 0 Å². The Morgan fingerprint density at radius 2 is 1.12 bits per heavy atom. The highest BCUT2D eigenvalue weighted by Gasteiger charge is 2.48. The molecule has 0 radical (unpaired) electrons. The van der Waals surface area contributed by atoms with Gasteiger partial charge >= 0.3 is 9.05 Å². The fourth-order valence-corrected chi connectivity index (χ4v) is 11.5. The zero-order chi connectivity index (χ0) is 13.2. The quantitative estimate of drug-likeness (QED) is 0.763. The molecule has 0 aliphatic heterocycles. The molecule has 0 rings (SSSR count). The maximum atomic E-state index is 10.4. The summed E-state index contributed by atoms with van der Waals surface area (Å²) < 4.78 is 17.2. The van der Waals surface area contributed by atoms with Crippen molar-refractivity contribution in [1.29, 1.82) is 0 Å². The van der Waals surface area contributed by atoms with Crippen LogP contribution < -0.4 is 0 Å². The Kier molecular flexibility index (Phi) is 5.81. The van der Waals surface area contributed by atoms with E-state index in [1.165, 1.54) is 0 Å². The minimum Gasteiger partial charge on any atom is -0.398 e. The first-order valence-electron chi connectivity index (χ1n) is 5.63. The van der Waals surface area contributed by atoms with E-state index in [0.717, 1.165) is 0 Å². The van der Waals surface area contributed by atoms with Crippen LogP contribution in [0.2, 0.25) is 52.4 Å². The van der Waals surface area contributed by atoms with Gasteiger partial charge in [-0.25, -0.2) is 0 Å². The van der Waals surface area contributed by atoms with E-state index in [9.17, 15) is 4.80 Å². The highest BCUT2D eigenvalue weighted by atomic mass is 28.5. The number of hydrogen-bond acceptors (Lipinski definition) is 4. The average molecular weight is 299 g/mol. The van der Waals surface area contributed by atoms with E-state index in [1.54, 1.807) is 0 Å². The number of hydrogen-bond donors (Lipinski definition) is 1. The molecule has 16 heavy (non-hydrogen) atoms. The molecule has 0 aromatic heterocycles. The van der Waals surface area contributed by atoms with Gasteiger partial charge in [-0.2, -0.15) is 0 Å². The number of rotatable bonds is 6. The molecule has 4 nitrogen and oxygen atoms in total. The normalized spacial score (nSPS) is 14.6. The summed E-state index contributed by atoms with van der Waals surface area (Å²) in [7, 11) is -8.47. The molecule has 0 heterocycles. The molecule has 0 saturated carbocycles. The Morgan fingerprint density at radius 3 is 1.31 bits per heavy atom. The van der Waals surface area contributed by atoms with Gasteiger partial charge in [-0.3, -0.25) is 0 Å². The van der Waals surface area contributed by atoms with Gasteiger partial charge in [0.1, 0.15) is 0 Å². The van der Waals surface area contributed by atoms with Crippen molar-refractivity contribution in [3.63, 3.8) is 0 Å². The van der Waals surface area contributed by atoms with E-state index in [1.807, 2.05) is 52.4 Å². The molecule has 0 aliphatic carbocycles. The van der Waals surface area contributed by atoms with Crippen molar-refractivity contribution >= 4 is 34.7 Å². The van der Waals surface area contributed by atoms with Gasteiger partial charge in [0.25, 0.3) is 0 Å². The highest BCUT2D eigenvalue weighted by Crippen LogP contribution is 2.20. The van der Waals surface area contributed by atoms with Crippen LogP contribution >= 0.6 is 0 Å². The van der Waals surface area contributed by atoms with E-state index in [0.29, 0.717) is 0 Å². The smallest absolute Gasteiger partial charge is 0.398 e. The second-order valence-electron chi connectivity index (χ2n) is 6.12. The monoisotopic (exact) mass is 298 g/mol. The zero-order valence-corrected chi connectivity index (χ0v) is 15.9. The van der Waals surface area contributed by atoms with Crippen LogP contribution in [0.1, 0.15) is 0 Å². The summed E-state index contributed by atoms with van der Waals surface area (Å²) in [5, 5.41) is 0. The van der Waals surface area contributed by atoms with Gasteiger partial charge in [0.2, 0.25) is 0 Å². The SMILES string of the molecule is C[SiH](C)O[Si](O)(O[Si](C)(C)C)O[Si](C)(C)C. The van der Waals surface area contributed by atoms with Crippen LogP contribution in [-0.2, 0) is 12.3 Å². The fraction of sp³-hybridized carbons (Fsp3) is 1.00. The molecule has 0 aromatic carbocycles. The molecule has 0 unspecified atom stereocenters. The van der Waals surface area contributed by atoms with Gasteiger partial charge in [0.05, 0.1) is 0 Å². The molecule has 0 amide bonds. The van der Waals surface area contributed by atoms with Crippen molar-refractivity contribution in [2.75, 3.05) is 0 Å². The second-order valence-corrected chi connectivity index (χ2v) is 20.3. The molecule has 8 heteroatoms. The average Bonchev–Trinajstić information content (AvgIpc) is 1.69. The maximum Gasteiger partial charge on any atom is 0.644 e. The topological polar surface area (TPSA) is 47.9 Å². The van der Waals surface area contributed by atoms with Gasteiger partial charge in [-0.15, -0.1) is 0 Å². The Morgan fingerprint density at radius 1 is 0.812 bits per heavy atom. The standard InChI is InChI=1S/C8H26O4Si4/c1-13(2)10-16(9,11-14(3,4)5)12-15(6,7)8/h9,13H,1-8H3.